The number of halogens is 3. The summed E-state index contributed by atoms with van der Waals surface area (Å²) in [6.07, 6.45) is 4.99. The fraction of sp³-hybridized carbons (Fsp3) is 0.571. The Labute approximate surface area is 132 Å². The molecule has 1 aromatic carbocycles. The predicted octanol–water partition coefficient (Wildman–Crippen LogP) is 4.79. The van der Waals surface area contributed by atoms with E-state index in [1.165, 1.54) is 25.7 Å². The van der Waals surface area contributed by atoms with Gasteiger partial charge in [-0.15, -0.1) is 0 Å². The smallest absolute Gasteiger partial charge is 0.0721 e. The average Bonchev–Trinajstić information content (AvgIpc) is 2.58. The quantitative estimate of drug-likeness (QED) is 0.812. The zero-order chi connectivity index (χ0) is 13.6. The van der Waals surface area contributed by atoms with E-state index >= 15 is 0 Å². The van der Waals surface area contributed by atoms with Crippen molar-refractivity contribution in [2.45, 2.75) is 43.8 Å². The number of nitrogens with zero attached hydrogens (tertiary/aromatic N) is 1. The molecule has 0 spiro atoms. The lowest BCUT2D eigenvalue weighted by molar-refractivity contribution is 0.169. The Morgan fingerprint density at radius 1 is 1.16 bits per heavy atom. The monoisotopic (exact) mass is 362 g/mol. The normalized spacial score (nSPS) is 30.6. The maximum absolute atomic E-state index is 6.28. The van der Waals surface area contributed by atoms with Gasteiger partial charge >= 0.3 is 0 Å². The van der Waals surface area contributed by atoms with Gasteiger partial charge in [0.25, 0.3) is 0 Å². The zero-order valence-electron chi connectivity index (χ0n) is 10.8. The molecule has 1 aromatic rings. The van der Waals surface area contributed by atoms with Crippen LogP contribution in [-0.2, 0) is 0 Å². The van der Waals surface area contributed by atoms with E-state index in [0.29, 0.717) is 28.2 Å². The molecular formula is C14H17BrCl2N2. The molecule has 2 heterocycles. The van der Waals surface area contributed by atoms with Gasteiger partial charge in [-0.25, -0.2) is 0 Å². The van der Waals surface area contributed by atoms with Gasteiger partial charge in [0.2, 0.25) is 0 Å². The second-order valence-electron chi connectivity index (χ2n) is 5.61. The largest absolute Gasteiger partial charge is 0.380 e. The molecule has 2 saturated heterocycles. The number of nitrogens with one attached hydrogen (secondary N) is 1. The van der Waals surface area contributed by atoms with Gasteiger partial charge in [-0.1, -0.05) is 39.1 Å². The molecule has 0 radical (unpaired) electrons. The highest BCUT2D eigenvalue weighted by Gasteiger charge is 2.38. The number of hydrogen-bond donors (Lipinski definition) is 1. The molecule has 5 heteroatoms. The zero-order valence-corrected chi connectivity index (χ0v) is 13.9. The van der Waals surface area contributed by atoms with Crippen molar-refractivity contribution < 1.29 is 0 Å². The SMILES string of the molecule is CN1C2CCC1CC(Nc1c(Cl)cc(Br)cc1Cl)C2. The van der Waals surface area contributed by atoms with Crippen molar-refractivity contribution in [1.82, 2.24) is 4.90 Å². The lowest BCUT2D eigenvalue weighted by Gasteiger charge is -2.37. The van der Waals surface area contributed by atoms with Crippen LogP contribution in [0.4, 0.5) is 5.69 Å². The van der Waals surface area contributed by atoms with Crippen molar-refractivity contribution in [2.75, 3.05) is 12.4 Å². The maximum atomic E-state index is 6.28. The topological polar surface area (TPSA) is 15.3 Å². The molecule has 2 unspecified atom stereocenters. The van der Waals surface area contributed by atoms with Gasteiger partial charge in [0.1, 0.15) is 0 Å². The van der Waals surface area contributed by atoms with E-state index in [9.17, 15) is 0 Å². The van der Waals surface area contributed by atoms with Gasteiger partial charge in [-0.3, -0.25) is 0 Å². The lowest BCUT2D eigenvalue weighted by atomic mass is 9.98. The van der Waals surface area contributed by atoms with E-state index in [1.807, 2.05) is 12.1 Å². The minimum Gasteiger partial charge on any atom is -0.380 e. The van der Waals surface area contributed by atoms with Crippen LogP contribution in [0, 0.1) is 0 Å². The van der Waals surface area contributed by atoms with Crippen LogP contribution in [0.25, 0.3) is 0 Å². The minimum absolute atomic E-state index is 0.477. The van der Waals surface area contributed by atoms with Crippen LogP contribution in [0.15, 0.2) is 16.6 Å². The van der Waals surface area contributed by atoms with Crippen molar-refractivity contribution in [3.05, 3.63) is 26.7 Å². The first-order valence-electron chi connectivity index (χ1n) is 6.67. The van der Waals surface area contributed by atoms with Crippen molar-refractivity contribution >= 4 is 44.8 Å². The Morgan fingerprint density at radius 3 is 2.21 bits per heavy atom. The third-order valence-corrected chi connectivity index (χ3v) is 5.51. The Morgan fingerprint density at radius 2 is 1.68 bits per heavy atom. The third-order valence-electron chi connectivity index (χ3n) is 4.45. The molecule has 2 aliphatic rings. The van der Waals surface area contributed by atoms with Crippen LogP contribution < -0.4 is 5.32 Å². The summed E-state index contributed by atoms with van der Waals surface area (Å²) in [6.45, 7) is 0. The highest BCUT2D eigenvalue weighted by molar-refractivity contribution is 9.10. The number of benzene rings is 1. The summed E-state index contributed by atoms with van der Waals surface area (Å²) in [5.41, 5.74) is 0.875. The van der Waals surface area contributed by atoms with E-state index in [4.69, 9.17) is 23.2 Å². The molecule has 3 rings (SSSR count). The molecule has 0 saturated carbocycles. The predicted molar refractivity (Wildman–Crippen MR) is 85.4 cm³/mol. The van der Waals surface area contributed by atoms with Gasteiger partial charge in [-0.2, -0.15) is 0 Å². The summed E-state index contributed by atoms with van der Waals surface area (Å²) in [5.74, 6) is 0. The summed E-state index contributed by atoms with van der Waals surface area (Å²) >= 11 is 16.0. The summed E-state index contributed by atoms with van der Waals surface area (Å²) in [4.78, 5) is 2.53. The van der Waals surface area contributed by atoms with Crippen LogP contribution in [0.5, 0.6) is 0 Å². The van der Waals surface area contributed by atoms with Gasteiger partial charge in [0.05, 0.1) is 15.7 Å². The number of rotatable bonds is 2. The average molecular weight is 364 g/mol. The van der Waals surface area contributed by atoms with Crippen LogP contribution in [0.1, 0.15) is 25.7 Å². The molecule has 0 amide bonds. The number of hydrogen-bond acceptors (Lipinski definition) is 2. The minimum atomic E-state index is 0.477. The van der Waals surface area contributed by atoms with Crippen molar-refractivity contribution in [2.24, 2.45) is 0 Å². The van der Waals surface area contributed by atoms with Gasteiger partial charge in [0, 0.05) is 22.6 Å². The summed E-state index contributed by atoms with van der Waals surface area (Å²) in [6, 6.07) is 5.68. The molecular weight excluding hydrogens is 347 g/mol. The fourth-order valence-corrected chi connectivity index (χ4v) is 4.73. The molecule has 0 aliphatic carbocycles. The van der Waals surface area contributed by atoms with Gasteiger partial charge in [0.15, 0.2) is 0 Å². The Bertz CT molecular complexity index is 457. The van der Waals surface area contributed by atoms with Crippen LogP contribution in [-0.4, -0.2) is 30.1 Å². The van der Waals surface area contributed by atoms with E-state index in [-0.39, 0.29) is 0 Å². The molecule has 2 atom stereocenters. The van der Waals surface area contributed by atoms with Crippen molar-refractivity contribution in [3.8, 4) is 0 Å². The first-order valence-corrected chi connectivity index (χ1v) is 8.22. The molecule has 0 aromatic heterocycles. The van der Waals surface area contributed by atoms with E-state index < -0.39 is 0 Å². The van der Waals surface area contributed by atoms with E-state index in [0.717, 1.165) is 10.2 Å². The number of fused-ring (bicyclic) bond motifs is 2. The van der Waals surface area contributed by atoms with E-state index in [2.05, 4.69) is 33.2 Å². The highest BCUT2D eigenvalue weighted by atomic mass is 79.9. The van der Waals surface area contributed by atoms with Gasteiger partial charge < -0.3 is 10.2 Å². The second kappa shape index (κ2) is 5.44. The van der Waals surface area contributed by atoms with Crippen LogP contribution in [0.3, 0.4) is 0 Å². The first kappa shape index (κ1) is 14.0. The summed E-state index contributed by atoms with van der Waals surface area (Å²) in [7, 11) is 2.25. The molecule has 2 bridgehead atoms. The summed E-state index contributed by atoms with van der Waals surface area (Å²) in [5, 5.41) is 4.93. The molecule has 2 fully saturated rings. The summed E-state index contributed by atoms with van der Waals surface area (Å²) < 4.78 is 0.913. The Balaban J connectivity index is 1.76. The second-order valence-corrected chi connectivity index (χ2v) is 7.34. The molecule has 104 valence electrons. The van der Waals surface area contributed by atoms with E-state index in [1.54, 1.807) is 0 Å². The van der Waals surface area contributed by atoms with Crippen LogP contribution in [0.2, 0.25) is 10.0 Å². The van der Waals surface area contributed by atoms with Gasteiger partial charge in [-0.05, 0) is 44.9 Å². The van der Waals surface area contributed by atoms with Crippen molar-refractivity contribution in [1.29, 1.82) is 0 Å². The number of piperidine rings is 1. The Kier molecular flexibility index (Phi) is 4.01. The lowest BCUT2D eigenvalue weighted by Crippen LogP contribution is -2.44. The fourth-order valence-electron chi connectivity index (χ4n) is 3.41. The van der Waals surface area contributed by atoms with Crippen molar-refractivity contribution in [3.63, 3.8) is 0 Å². The maximum Gasteiger partial charge on any atom is 0.0721 e. The van der Waals surface area contributed by atoms with Crippen LogP contribution >= 0.6 is 39.1 Å². The number of anilines is 1. The molecule has 2 aliphatic heterocycles. The molecule has 1 N–H and O–H groups in total. The third kappa shape index (κ3) is 2.76. The molecule has 2 nitrogen and oxygen atoms in total. The molecule has 19 heavy (non-hydrogen) atoms. The highest BCUT2D eigenvalue weighted by Crippen LogP contribution is 2.39. The Hall–Kier alpha value is 0.0400. The standard InChI is InChI=1S/C14H17BrCl2N2/c1-19-10-2-3-11(19)7-9(6-10)18-14-12(16)4-8(15)5-13(14)17/h4-5,9-11,18H,2-3,6-7H2,1H3. The first-order chi connectivity index (χ1) is 9.04.